The van der Waals surface area contributed by atoms with Gasteiger partial charge in [-0.3, -0.25) is 28.3 Å². The molecule has 0 aliphatic rings. The molecule has 4 heterocycles. The number of ether oxygens (including phenoxy) is 8. The molecule has 10 aromatic rings. The zero-order valence-electron chi connectivity index (χ0n) is 86.0. The molecule has 0 amide bonds. The van der Waals surface area contributed by atoms with Crippen LogP contribution < -0.4 is 0 Å². The van der Waals surface area contributed by atoms with Crippen molar-refractivity contribution < 1.29 is 70.2 Å². The minimum absolute atomic E-state index is 0.00227. The fourth-order valence-corrected chi connectivity index (χ4v) is 14.4. The minimum Gasteiger partial charge on any atom is -0.451 e. The van der Waals surface area contributed by atoms with Crippen LogP contribution in [0.15, 0.2) is 158 Å². The van der Waals surface area contributed by atoms with Gasteiger partial charge in [-0.1, -0.05) is 236 Å². The molecule has 732 valence electrons. The molecular weight excluding hydrogens is 1750 g/mol. The second-order valence-corrected chi connectivity index (χ2v) is 38.3. The zero-order chi connectivity index (χ0) is 103. The number of nitrogens with zero attached hydrogens (tertiary/aromatic N) is 12. The summed E-state index contributed by atoms with van der Waals surface area (Å²) in [5.41, 5.74) is 18.1. The van der Waals surface area contributed by atoms with E-state index in [4.69, 9.17) is 33.2 Å². The number of alkyl halides is 3. The molecule has 0 radical (unpaired) electrons. The fraction of sp³-hybridized carbons (Fsp3) is 0.423. The first kappa shape index (κ1) is 111. The molecule has 0 spiro atoms. The van der Waals surface area contributed by atoms with Crippen LogP contribution in [0.1, 0.15) is 294 Å². The van der Waals surface area contributed by atoms with Crippen molar-refractivity contribution in [2.75, 3.05) is 0 Å². The molecule has 4 aromatic heterocycles. The van der Waals surface area contributed by atoms with Crippen molar-refractivity contribution >= 4 is 69.2 Å². The molecule has 27 heteroatoms. The van der Waals surface area contributed by atoms with Gasteiger partial charge in [0, 0.05) is 76.1 Å². The predicted molar refractivity (Wildman–Crippen MR) is 532 cm³/mol. The Morgan fingerprint density at radius 3 is 0.797 bits per heavy atom. The lowest BCUT2D eigenvalue weighted by atomic mass is 9.86. The van der Waals surface area contributed by atoms with Crippen molar-refractivity contribution in [3.05, 3.63) is 281 Å². The summed E-state index contributed by atoms with van der Waals surface area (Å²) < 4.78 is 90.7. The minimum atomic E-state index is -5.17. The van der Waals surface area contributed by atoms with Crippen LogP contribution in [0.2, 0.25) is 0 Å². The van der Waals surface area contributed by atoms with Crippen molar-refractivity contribution in [2.24, 2.45) is 5.41 Å². The summed E-state index contributed by atoms with van der Waals surface area (Å²) in [5, 5.41) is 59.0. The summed E-state index contributed by atoms with van der Waals surface area (Å²) >= 11 is 0. The van der Waals surface area contributed by atoms with Gasteiger partial charge < -0.3 is 37.9 Å². The smallest absolute Gasteiger partial charge is 0.451 e. The maximum Gasteiger partial charge on any atom is 0.491 e. The highest BCUT2D eigenvalue weighted by Gasteiger charge is 2.43. The number of rotatable bonds is 29. The van der Waals surface area contributed by atoms with Crippen LogP contribution in [0.25, 0.3) is 45.3 Å². The summed E-state index contributed by atoms with van der Waals surface area (Å²) in [6.45, 7) is 62.5. The maximum absolute atomic E-state index is 12.7. The number of aromatic nitrogens is 8. The molecule has 24 nitrogen and oxygen atoms in total. The molecule has 0 fully saturated rings. The SMILES string of the molecule is CCn1nc(C)c(C)c1/C(OC(C)OC(=O)C(C)(C)CC)=C(\C#N)c1ccc(C(C)(C)C)cc1.CCn1nc(C)c(C)c1/C(OC(C)OC(=O)C(F)(F)F)=C(\C#N)c1ccc(C(C)(C)C)cc1.CCn1nc(C)c(C)c1/C(OC(C)OC(=O)Cc1ccccc1)=C(\C#N)c1ccc(C(C)(C)C)cc1.CCn1nc(C)c(C)c1/C(OC(C)OC(=O)c1ccccc1)=C(\C#N)c1ccc(C(C)(C)C)cc1. The number of esters is 4. The lowest BCUT2D eigenvalue weighted by molar-refractivity contribution is -0.216. The van der Waals surface area contributed by atoms with Crippen molar-refractivity contribution in [1.82, 2.24) is 39.1 Å². The van der Waals surface area contributed by atoms with Crippen LogP contribution in [0.3, 0.4) is 0 Å². The van der Waals surface area contributed by atoms with Gasteiger partial charge in [0.1, 0.15) is 69.3 Å². The first-order valence-corrected chi connectivity index (χ1v) is 46.4. The second-order valence-electron chi connectivity index (χ2n) is 38.3. The van der Waals surface area contributed by atoms with Gasteiger partial charge in [-0.25, -0.2) is 9.59 Å². The van der Waals surface area contributed by atoms with Crippen LogP contribution in [0.5, 0.6) is 0 Å². The van der Waals surface area contributed by atoms with Gasteiger partial charge >= 0.3 is 30.1 Å². The molecule has 0 N–H and O–H groups in total. The van der Waals surface area contributed by atoms with Crippen molar-refractivity contribution in [2.45, 2.75) is 307 Å². The van der Waals surface area contributed by atoms with Crippen LogP contribution in [-0.4, -0.2) is 94.3 Å². The van der Waals surface area contributed by atoms with Crippen molar-refractivity contribution in [1.29, 1.82) is 21.0 Å². The van der Waals surface area contributed by atoms with Gasteiger partial charge in [0.25, 0.3) is 0 Å². The molecule has 0 bridgehead atoms. The molecule has 0 aliphatic carbocycles. The number of hydrogen-bond donors (Lipinski definition) is 0. The van der Waals surface area contributed by atoms with E-state index in [0.29, 0.717) is 112 Å². The van der Waals surface area contributed by atoms with Gasteiger partial charge in [0.2, 0.25) is 25.2 Å². The lowest BCUT2D eigenvalue weighted by Crippen LogP contribution is -2.30. The van der Waals surface area contributed by atoms with E-state index in [2.05, 4.69) is 132 Å². The Morgan fingerprint density at radius 2 is 0.565 bits per heavy atom. The summed E-state index contributed by atoms with van der Waals surface area (Å²) in [4.78, 5) is 49.1. The third-order valence-corrected chi connectivity index (χ3v) is 23.4. The molecule has 10 rings (SSSR count). The molecule has 0 aliphatic heterocycles. The molecule has 0 saturated heterocycles. The Labute approximate surface area is 812 Å². The number of allylic oxidation sites excluding steroid dienone is 4. The van der Waals surface area contributed by atoms with Gasteiger partial charge in [-0.2, -0.15) is 54.6 Å². The van der Waals surface area contributed by atoms with E-state index in [0.717, 1.165) is 74.1 Å². The van der Waals surface area contributed by atoms with Crippen LogP contribution >= 0.6 is 0 Å². The normalized spacial score (nSPS) is 13.3. The van der Waals surface area contributed by atoms with Gasteiger partial charge in [-0.15, -0.1) is 0 Å². The number of nitriles is 4. The summed E-state index contributed by atoms with van der Waals surface area (Å²) in [6.07, 6.45) is -8.72. The Bertz CT molecular complexity index is 6230. The van der Waals surface area contributed by atoms with E-state index >= 15 is 0 Å². The fourth-order valence-electron chi connectivity index (χ4n) is 14.4. The Kier molecular flexibility index (Phi) is 38.3. The molecule has 4 atom stereocenters. The molecular formula is C111H135F3N12O12. The highest BCUT2D eigenvalue weighted by molar-refractivity contribution is 5.98. The number of carbonyl (C=O) groups is 4. The van der Waals surface area contributed by atoms with E-state index < -0.39 is 54.7 Å². The highest BCUT2D eigenvalue weighted by Crippen LogP contribution is 2.40. The average molecular weight is 1890 g/mol. The number of carbonyl (C=O) groups excluding carboxylic acids is 4. The summed E-state index contributed by atoms with van der Waals surface area (Å²) in [6, 6.07) is 58.3. The zero-order valence-corrected chi connectivity index (χ0v) is 86.0. The Balaban J connectivity index is 0.000000251. The van der Waals surface area contributed by atoms with Gasteiger partial charge in [0.05, 0.1) is 40.2 Å². The first-order chi connectivity index (χ1) is 64.6. The average Bonchev–Trinajstić information content (AvgIpc) is 1.62. The Morgan fingerprint density at radius 1 is 0.326 bits per heavy atom. The highest BCUT2D eigenvalue weighted by atomic mass is 19.4. The van der Waals surface area contributed by atoms with Crippen molar-refractivity contribution in [3.8, 4) is 24.3 Å². The number of hydrogen-bond acceptors (Lipinski definition) is 20. The number of aryl methyl sites for hydroxylation is 8. The second kappa shape index (κ2) is 47.6. The van der Waals surface area contributed by atoms with Crippen LogP contribution in [-0.2, 0) is 107 Å². The number of benzene rings is 6. The summed E-state index contributed by atoms with van der Waals surface area (Å²) in [5.74, 6) is -2.58. The van der Waals surface area contributed by atoms with E-state index in [-0.39, 0.29) is 45.4 Å². The molecule has 6 aromatic carbocycles. The van der Waals surface area contributed by atoms with E-state index in [1.54, 1.807) is 75.7 Å². The quantitative estimate of drug-likeness (QED) is 0.0138. The third kappa shape index (κ3) is 28.8. The molecule has 138 heavy (non-hydrogen) atoms. The van der Waals surface area contributed by atoms with Gasteiger partial charge in [-0.05, 0) is 187 Å². The van der Waals surface area contributed by atoms with E-state index in [1.807, 2.05) is 225 Å². The Hall–Kier alpha value is -14.1. The number of halogens is 3. The topological polar surface area (TPSA) is 309 Å². The predicted octanol–water partition coefficient (Wildman–Crippen LogP) is 25.0. The van der Waals surface area contributed by atoms with Gasteiger partial charge in [0.15, 0.2) is 23.0 Å². The maximum atomic E-state index is 12.7. The monoisotopic (exact) mass is 1890 g/mol. The molecule has 0 saturated carbocycles. The molecule has 4 unspecified atom stereocenters. The summed E-state index contributed by atoms with van der Waals surface area (Å²) in [7, 11) is 0. The van der Waals surface area contributed by atoms with Crippen LogP contribution in [0.4, 0.5) is 13.2 Å². The largest absolute Gasteiger partial charge is 0.491 e. The lowest BCUT2D eigenvalue weighted by Gasteiger charge is -2.25. The van der Waals surface area contributed by atoms with Crippen molar-refractivity contribution in [3.63, 3.8) is 0 Å². The third-order valence-electron chi connectivity index (χ3n) is 23.4. The first-order valence-electron chi connectivity index (χ1n) is 46.4. The van der Waals surface area contributed by atoms with Crippen LogP contribution in [0, 0.1) is 106 Å². The van der Waals surface area contributed by atoms with E-state index in [1.165, 1.54) is 11.1 Å². The standard InChI is InChI=1S/C30H35N3O3.C29H33N3O3.C28H39N3O3.C24H28F3N3O3/c1-8-33-28(20(2)21(3)32-33)29(26(19-31)24-14-16-25(17-15-24)30(5,6)7)36-22(4)35-27(34)18-23-12-10-9-11-13-23;1-8-32-26(19(2)20(3)31-32)27(34-21(4)35-28(33)23-12-10-9-11-13-23)25(18-30)22-14-16-24(17-15-22)29(5,6)7;1-11-28(9,10)26(32)34-20(5)33-25(24-18(3)19(4)30-31(24)12-2)23(17-29)21-13-15-22(16-14-21)27(6,7)8;1-8-30-20(14(2)15(3)29-30)21(32-16(4)33-22(31)24(25,26)27)19(13-28)17-9-11-18(12-10-17)23(5,6)7/h9-17,22H,8,18H2,1-7H3;9-17,21H,8H2,1-7H3;13-16,20H,11-12H2,1-10H3;9-12,16H,8H2,1-7H3/b29-26-;27-25-;25-23-;21-19-. The van der Waals surface area contributed by atoms with E-state index in [9.17, 15) is 53.4 Å².